The highest BCUT2D eigenvalue weighted by Crippen LogP contribution is 2.36. The van der Waals surface area contributed by atoms with Gasteiger partial charge in [-0.3, -0.25) is 14.3 Å². The molecule has 0 spiro atoms. The third kappa shape index (κ3) is 4.40. The van der Waals surface area contributed by atoms with Crippen LogP contribution in [0.1, 0.15) is 19.1 Å². The topological polar surface area (TPSA) is 175 Å². The first kappa shape index (κ1) is 23.1. The Bertz CT molecular complexity index is 946. The number of nitrogens with two attached hydrogens (primary N) is 2. The second kappa shape index (κ2) is 9.85. The summed E-state index contributed by atoms with van der Waals surface area (Å²) in [7, 11) is 1.39. The van der Waals surface area contributed by atoms with Gasteiger partial charge in [-0.05, 0) is 12.8 Å². The number of aliphatic hydroxyl groups excluding tert-OH is 2. The summed E-state index contributed by atoms with van der Waals surface area (Å²) in [5.74, 6) is 0.438. The zero-order valence-corrected chi connectivity index (χ0v) is 18.6. The van der Waals surface area contributed by atoms with Gasteiger partial charge in [0.05, 0.1) is 19.5 Å². The van der Waals surface area contributed by atoms with Crippen LogP contribution in [0.5, 0.6) is 0 Å². The molecule has 6 N–H and O–H groups in total. The van der Waals surface area contributed by atoms with Crippen molar-refractivity contribution >= 4 is 34.7 Å². The minimum atomic E-state index is -1.15. The van der Waals surface area contributed by atoms with E-state index in [4.69, 9.17) is 20.9 Å². The number of carbonyl (C=O) groups is 1. The van der Waals surface area contributed by atoms with Crippen LogP contribution in [0.2, 0.25) is 0 Å². The number of piperidine rings is 1. The van der Waals surface area contributed by atoms with E-state index in [1.165, 1.54) is 19.8 Å². The van der Waals surface area contributed by atoms with Gasteiger partial charge < -0.3 is 31.2 Å². The van der Waals surface area contributed by atoms with Crippen LogP contribution in [0, 0.1) is 0 Å². The third-order valence-electron chi connectivity index (χ3n) is 6.05. The minimum Gasteiger partial charge on any atom is -0.468 e. The number of aliphatic hydroxyl groups is 2. The first-order chi connectivity index (χ1) is 15.4. The standard InChI is InChI=1S/C19H29N7O5S/c1-30-19(29)11-6-10(2-4-25(11)5-3-20)32-7-12-14(27)15(28)18(31-12)26-9-24-13-16(21)22-8-23-17(13)26/h8-12,14-15,18,27-28H,2-7,20H2,1H3,(H2,21,22,23)/t10?,11?,12-,14-,15-,18-/m1/s1. The zero-order chi connectivity index (χ0) is 22.8. The number of likely N-dealkylation sites (tertiary alicyclic amines) is 1. The molecule has 0 bridgehead atoms. The molecule has 4 heterocycles. The lowest BCUT2D eigenvalue weighted by atomic mass is 10.0. The van der Waals surface area contributed by atoms with Crippen molar-refractivity contribution in [1.29, 1.82) is 0 Å². The quantitative estimate of drug-likeness (QED) is 0.356. The molecule has 2 aliphatic rings. The van der Waals surface area contributed by atoms with Crippen molar-refractivity contribution in [3.8, 4) is 0 Å². The lowest BCUT2D eigenvalue weighted by Gasteiger charge is -2.37. The Hall–Kier alpha value is -2.03. The number of fused-ring (bicyclic) bond motifs is 1. The van der Waals surface area contributed by atoms with Gasteiger partial charge in [0.2, 0.25) is 0 Å². The van der Waals surface area contributed by atoms with Crippen molar-refractivity contribution in [2.75, 3.05) is 38.2 Å². The smallest absolute Gasteiger partial charge is 0.323 e. The van der Waals surface area contributed by atoms with Gasteiger partial charge in [-0.15, -0.1) is 0 Å². The summed E-state index contributed by atoms with van der Waals surface area (Å²) >= 11 is 1.63. The van der Waals surface area contributed by atoms with Gasteiger partial charge in [0.25, 0.3) is 0 Å². The SMILES string of the molecule is COC(=O)C1CC(SC[C@H]2O[C@@H](n3cnc4c(N)ncnc43)[C@H](O)[C@@H]2O)CCN1CCN. The summed E-state index contributed by atoms with van der Waals surface area (Å²) in [6.07, 6.45) is 0.653. The van der Waals surface area contributed by atoms with Crippen LogP contribution in [-0.4, -0.2) is 103 Å². The summed E-state index contributed by atoms with van der Waals surface area (Å²) in [5, 5.41) is 21.4. The van der Waals surface area contributed by atoms with Crippen LogP contribution in [0.15, 0.2) is 12.7 Å². The third-order valence-corrected chi connectivity index (χ3v) is 7.47. The minimum absolute atomic E-state index is 0.196. The van der Waals surface area contributed by atoms with E-state index < -0.39 is 24.5 Å². The molecule has 32 heavy (non-hydrogen) atoms. The van der Waals surface area contributed by atoms with Gasteiger partial charge in [0.15, 0.2) is 17.7 Å². The number of nitrogen functional groups attached to an aromatic ring is 1. The van der Waals surface area contributed by atoms with Gasteiger partial charge in [-0.2, -0.15) is 11.8 Å². The Morgan fingerprint density at radius 2 is 2.16 bits per heavy atom. The second-order valence-electron chi connectivity index (χ2n) is 7.97. The highest BCUT2D eigenvalue weighted by atomic mass is 32.2. The highest BCUT2D eigenvalue weighted by molar-refractivity contribution is 7.99. The van der Waals surface area contributed by atoms with Crippen molar-refractivity contribution in [3.05, 3.63) is 12.7 Å². The van der Waals surface area contributed by atoms with Gasteiger partial charge in [-0.25, -0.2) is 15.0 Å². The number of nitrogens with zero attached hydrogens (tertiary/aromatic N) is 5. The van der Waals surface area contributed by atoms with Crippen LogP contribution in [-0.2, 0) is 14.3 Å². The summed E-state index contributed by atoms with van der Waals surface area (Å²) in [6.45, 7) is 1.87. The molecule has 0 aliphatic carbocycles. The molecular weight excluding hydrogens is 438 g/mol. The summed E-state index contributed by atoms with van der Waals surface area (Å²) < 4.78 is 12.5. The Morgan fingerprint density at radius 1 is 1.34 bits per heavy atom. The Balaban J connectivity index is 1.40. The van der Waals surface area contributed by atoms with E-state index in [-0.39, 0.29) is 23.1 Å². The number of anilines is 1. The fraction of sp³-hybridized carbons (Fsp3) is 0.684. The molecule has 4 rings (SSSR count). The van der Waals surface area contributed by atoms with Gasteiger partial charge in [0.1, 0.15) is 30.1 Å². The van der Waals surface area contributed by atoms with E-state index in [0.717, 1.165) is 13.0 Å². The van der Waals surface area contributed by atoms with E-state index in [2.05, 4.69) is 19.9 Å². The van der Waals surface area contributed by atoms with Crippen molar-refractivity contribution in [2.24, 2.45) is 5.73 Å². The lowest BCUT2D eigenvalue weighted by Crippen LogP contribution is -2.50. The first-order valence-electron chi connectivity index (χ1n) is 10.5. The monoisotopic (exact) mass is 467 g/mol. The predicted octanol–water partition coefficient (Wildman–Crippen LogP) is -1.27. The molecule has 0 radical (unpaired) electrons. The summed E-state index contributed by atoms with van der Waals surface area (Å²) in [4.78, 5) is 26.6. The predicted molar refractivity (Wildman–Crippen MR) is 118 cm³/mol. The molecule has 2 aromatic rings. The van der Waals surface area contributed by atoms with Crippen LogP contribution in [0.3, 0.4) is 0 Å². The Morgan fingerprint density at radius 3 is 2.91 bits per heavy atom. The molecule has 2 unspecified atom stereocenters. The normalized spacial score (nSPS) is 31.2. The van der Waals surface area contributed by atoms with Gasteiger partial charge in [-0.1, -0.05) is 0 Å². The van der Waals surface area contributed by atoms with Gasteiger partial charge >= 0.3 is 5.97 Å². The number of ether oxygens (including phenoxy) is 2. The molecule has 6 atom stereocenters. The average Bonchev–Trinajstić information content (AvgIpc) is 3.35. The number of imidazole rings is 1. The molecular formula is C19H29N7O5S. The van der Waals surface area contributed by atoms with E-state index in [1.807, 2.05) is 0 Å². The fourth-order valence-corrected chi connectivity index (χ4v) is 5.66. The molecule has 2 aliphatic heterocycles. The Labute approximate surface area is 189 Å². The molecule has 0 saturated carbocycles. The number of thioether (sulfide) groups is 1. The van der Waals surface area contributed by atoms with Crippen molar-refractivity contribution in [2.45, 2.75) is 48.7 Å². The van der Waals surface area contributed by atoms with Crippen LogP contribution < -0.4 is 11.5 Å². The van der Waals surface area contributed by atoms with E-state index in [0.29, 0.717) is 36.4 Å². The number of methoxy groups -OCH3 is 1. The largest absolute Gasteiger partial charge is 0.468 e. The molecule has 13 heteroatoms. The molecule has 176 valence electrons. The number of rotatable bonds is 7. The van der Waals surface area contributed by atoms with Crippen molar-refractivity contribution in [3.63, 3.8) is 0 Å². The molecule has 0 aromatic carbocycles. The number of hydrogen-bond acceptors (Lipinski definition) is 12. The van der Waals surface area contributed by atoms with E-state index in [1.54, 1.807) is 16.3 Å². The average molecular weight is 468 g/mol. The molecule has 2 fully saturated rings. The second-order valence-corrected chi connectivity index (χ2v) is 9.31. The maximum Gasteiger partial charge on any atom is 0.323 e. The van der Waals surface area contributed by atoms with Crippen LogP contribution in [0.4, 0.5) is 5.82 Å². The van der Waals surface area contributed by atoms with Crippen LogP contribution >= 0.6 is 11.8 Å². The maximum atomic E-state index is 12.2. The van der Waals surface area contributed by atoms with Crippen LogP contribution in [0.25, 0.3) is 11.2 Å². The summed E-state index contributed by atoms with van der Waals surface area (Å²) in [5.41, 5.74) is 12.3. The molecule has 0 amide bonds. The van der Waals surface area contributed by atoms with Gasteiger partial charge in [0, 0.05) is 30.6 Å². The van der Waals surface area contributed by atoms with Crippen molar-refractivity contribution in [1.82, 2.24) is 24.4 Å². The number of hydrogen-bond donors (Lipinski definition) is 4. The fourth-order valence-electron chi connectivity index (χ4n) is 4.33. The molecule has 2 aromatic heterocycles. The van der Waals surface area contributed by atoms with E-state index in [9.17, 15) is 15.0 Å². The molecule has 2 saturated heterocycles. The maximum absolute atomic E-state index is 12.2. The number of esters is 1. The lowest BCUT2D eigenvalue weighted by molar-refractivity contribution is -0.148. The zero-order valence-electron chi connectivity index (χ0n) is 17.8. The summed E-state index contributed by atoms with van der Waals surface area (Å²) in [6, 6.07) is -0.329. The number of carbonyl (C=O) groups excluding carboxylic acids is 1. The molecule has 12 nitrogen and oxygen atoms in total. The Kier molecular flexibility index (Phi) is 7.12. The highest BCUT2D eigenvalue weighted by Gasteiger charge is 2.45. The van der Waals surface area contributed by atoms with Crippen molar-refractivity contribution < 1.29 is 24.5 Å². The van der Waals surface area contributed by atoms with E-state index >= 15 is 0 Å². The number of aromatic nitrogens is 4. The first-order valence-corrected chi connectivity index (χ1v) is 11.6.